The van der Waals surface area contributed by atoms with Gasteiger partial charge >= 0.3 is 5.97 Å². The highest BCUT2D eigenvalue weighted by molar-refractivity contribution is 7.99. The average Bonchev–Trinajstić information content (AvgIpc) is 2.29. The Balaban J connectivity index is 2.79. The van der Waals surface area contributed by atoms with E-state index in [9.17, 15) is 4.79 Å². The maximum Gasteiger partial charge on any atom is 0.339 e. The van der Waals surface area contributed by atoms with Crippen LogP contribution in [0, 0.1) is 0 Å². The molecule has 0 spiro atoms. The maximum absolute atomic E-state index is 11.6. The number of nitrogens with zero attached hydrogens (tertiary/aromatic N) is 1. The Kier molecular flexibility index (Phi) is 5.31. The molecular formula is C12H18N2O2S. The largest absolute Gasteiger partial charge is 0.465 e. The minimum absolute atomic E-state index is 0.343. The molecule has 17 heavy (non-hydrogen) atoms. The summed E-state index contributed by atoms with van der Waals surface area (Å²) in [6.45, 7) is 0.954. The molecule has 0 unspecified atom stereocenters. The molecule has 0 saturated carbocycles. The van der Waals surface area contributed by atoms with E-state index in [-0.39, 0.29) is 5.97 Å². The number of methoxy groups -OCH3 is 1. The monoisotopic (exact) mass is 254 g/mol. The first-order chi connectivity index (χ1) is 8.04. The first-order valence-corrected chi connectivity index (χ1v) is 6.28. The van der Waals surface area contributed by atoms with Crippen LogP contribution in [-0.4, -0.2) is 44.4 Å². The SMILES string of the molecule is COC(=O)c1cc(N)ccc1SCCN(C)C. The van der Waals surface area contributed by atoms with Crippen molar-refractivity contribution in [1.29, 1.82) is 0 Å². The second-order valence-electron chi connectivity index (χ2n) is 3.90. The van der Waals surface area contributed by atoms with Gasteiger partial charge in [0.05, 0.1) is 12.7 Å². The van der Waals surface area contributed by atoms with E-state index in [2.05, 4.69) is 4.90 Å². The Bertz CT molecular complexity index is 394. The van der Waals surface area contributed by atoms with Crippen molar-refractivity contribution >= 4 is 23.4 Å². The van der Waals surface area contributed by atoms with Crippen LogP contribution in [0.2, 0.25) is 0 Å². The third-order valence-electron chi connectivity index (χ3n) is 2.20. The molecule has 94 valence electrons. The van der Waals surface area contributed by atoms with Gasteiger partial charge in [-0.3, -0.25) is 0 Å². The van der Waals surface area contributed by atoms with E-state index < -0.39 is 0 Å². The molecule has 0 aromatic heterocycles. The van der Waals surface area contributed by atoms with E-state index in [1.165, 1.54) is 7.11 Å². The number of nitrogens with two attached hydrogens (primary N) is 1. The van der Waals surface area contributed by atoms with Gasteiger partial charge in [0.25, 0.3) is 0 Å². The lowest BCUT2D eigenvalue weighted by Crippen LogP contribution is -2.15. The highest BCUT2D eigenvalue weighted by Gasteiger charge is 2.12. The van der Waals surface area contributed by atoms with Crippen molar-refractivity contribution in [3.8, 4) is 0 Å². The highest BCUT2D eigenvalue weighted by Crippen LogP contribution is 2.25. The number of hydrogen-bond acceptors (Lipinski definition) is 5. The van der Waals surface area contributed by atoms with Crippen LogP contribution in [0.3, 0.4) is 0 Å². The van der Waals surface area contributed by atoms with Crippen molar-refractivity contribution in [1.82, 2.24) is 4.90 Å². The lowest BCUT2D eigenvalue weighted by Gasteiger charge is -2.11. The van der Waals surface area contributed by atoms with Crippen LogP contribution < -0.4 is 5.73 Å². The summed E-state index contributed by atoms with van der Waals surface area (Å²) in [6.07, 6.45) is 0. The number of benzene rings is 1. The predicted octanol–water partition coefficient (Wildman–Crippen LogP) is 1.71. The molecule has 4 nitrogen and oxygen atoms in total. The molecule has 2 N–H and O–H groups in total. The lowest BCUT2D eigenvalue weighted by molar-refractivity contribution is 0.0597. The molecule has 0 heterocycles. The van der Waals surface area contributed by atoms with Crippen molar-refractivity contribution < 1.29 is 9.53 Å². The van der Waals surface area contributed by atoms with Crippen LogP contribution in [0.5, 0.6) is 0 Å². The number of esters is 1. The fraction of sp³-hybridized carbons (Fsp3) is 0.417. The summed E-state index contributed by atoms with van der Waals surface area (Å²) >= 11 is 1.63. The Morgan fingerprint density at radius 1 is 1.47 bits per heavy atom. The van der Waals surface area contributed by atoms with Gasteiger partial charge in [0.15, 0.2) is 0 Å². The molecule has 0 fully saturated rings. The predicted molar refractivity (Wildman–Crippen MR) is 71.5 cm³/mol. The molecule has 0 radical (unpaired) electrons. The summed E-state index contributed by atoms with van der Waals surface area (Å²) in [6, 6.07) is 5.32. The van der Waals surface area contributed by atoms with Gasteiger partial charge in [-0.2, -0.15) is 0 Å². The number of carbonyl (C=O) groups is 1. The zero-order valence-corrected chi connectivity index (χ0v) is 11.2. The molecule has 0 atom stereocenters. The van der Waals surface area contributed by atoms with Crippen molar-refractivity contribution in [2.45, 2.75) is 4.90 Å². The Morgan fingerprint density at radius 3 is 2.76 bits per heavy atom. The first-order valence-electron chi connectivity index (χ1n) is 5.30. The molecule has 0 saturated heterocycles. The number of thioether (sulfide) groups is 1. The molecule has 0 bridgehead atoms. The number of anilines is 1. The number of ether oxygens (including phenoxy) is 1. The molecule has 1 rings (SSSR count). The molecule has 1 aromatic carbocycles. The van der Waals surface area contributed by atoms with Crippen LogP contribution in [0.4, 0.5) is 5.69 Å². The highest BCUT2D eigenvalue weighted by atomic mass is 32.2. The second kappa shape index (κ2) is 6.51. The van der Waals surface area contributed by atoms with Gasteiger partial charge < -0.3 is 15.4 Å². The molecule has 0 aliphatic heterocycles. The van der Waals surface area contributed by atoms with Crippen LogP contribution in [0.1, 0.15) is 10.4 Å². The van der Waals surface area contributed by atoms with Crippen molar-refractivity contribution in [2.24, 2.45) is 0 Å². The zero-order chi connectivity index (χ0) is 12.8. The summed E-state index contributed by atoms with van der Waals surface area (Å²) in [5, 5.41) is 0. The fourth-order valence-corrected chi connectivity index (χ4v) is 2.42. The van der Waals surface area contributed by atoms with Crippen LogP contribution in [0.15, 0.2) is 23.1 Å². The molecule has 1 aromatic rings. The summed E-state index contributed by atoms with van der Waals surface area (Å²) in [5.41, 5.74) is 6.78. The van der Waals surface area contributed by atoms with E-state index in [0.717, 1.165) is 17.2 Å². The third-order valence-corrected chi connectivity index (χ3v) is 3.26. The molecular weight excluding hydrogens is 236 g/mol. The average molecular weight is 254 g/mol. The molecule has 0 amide bonds. The lowest BCUT2D eigenvalue weighted by atomic mass is 10.2. The van der Waals surface area contributed by atoms with Gasteiger partial charge in [0, 0.05) is 22.9 Å². The normalized spacial score (nSPS) is 10.6. The van der Waals surface area contributed by atoms with Gasteiger partial charge in [-0.25, -0.2) is 4.79 Å². The van der Waals surface area contributed by atoms with Crippen molar-refractivity contribution in [3.05, 3.63) is 23.8 Å². The number of hydrogen-bond donors (Lipinski definition) is 1. The summed E-state index contributed by atoms with van der Waals surface area (Å²) in [7, 11) is 5.41. The van der Waals surface area contributed by atoms with E-state index in [1.807, 2.05) is 20.2 Å². The zero-order valence-electron chi connectivity index (χ0n) is 10.4. The number of rotatable bonds is 5. The minimum atomic E-state index is -0.343. The quantitative estimate of drug-likeness (QED) is 0.492. The third kappa shape index (κ3) is 4.28. The van der Waals surface area contributed by atoms with Crippen molar-refractivity contribution in [2.75, 3.05) is 39.2 Å². The van der Waals surface area contributed by atoms with Crippen molar-refractivity contribution in [3.63, 3.8) is 0 Å². The number of nitrogen functional groups attached to an aromatic ring is 1. The van der Waals surface area contributed by atoms with Gasteiger partial charge in [-0.15, -0.1) is 11.8 Å². The summed E-state index contributed by atoms with van der Waals surface area (Å²) in [4.78, 5) is 14.6. The van der Waals surface area contributed by atoms with Crippen LogP contribution in [-0.2, 0) is 4.74 Å². The van der Waals surface area contributed by atoms with Crippen LogP contribution >= 0.6 is 11.8 Å². The van der Waals surface area contributed by atoms with E-state index in [0.29, 0.717) is 11.3 Å². The minimum Gasteiger partial charge on any atom is -0.465 e. The maximum atomic E-state index is 11.6. The standard InChI is InChI=1S/C12H18N2O2S/c1-14(2)6-7-17-11-5-4-9(13)8-10(11)12(15)16-3/h4-5,8H,6-7,13H2,1-3H3. The van der Waals surface area contributed by atoms with Gasteiger partial charge in [-0.05, 0) is 32.3 Å². The van der Waals surface area contributed by atoms with Gasteiger partial charge in [0.1, 0.15) is 0 Å². The van der Waals surface area contributed by atoms with Gasteiger partial charge in [-0.1, -0.05) is 0 Å². The number of carbonyl (C=O) groups excluding carboxylic acids is 1. The Hall–Kier alpha value is -1.20. The first kappa shape index (κ1) is 13.9. The summed E-state index contributed by atoms with van der Waals surface area (Å²) in [5.74, 6) is 0.575. The Morgan fingerprint density at radius 2 is 2.18 bits per heavy atom. The fourth-order valence-electron chi connectivity index (χ4n) is 1.28. The van der Waals surface area contributed by atoms with E-state index >= 15 is 0 Å². The second-order valence-corrected chi connectivity index (χ2v) is 5.04. The summed E-state index contributed by atoms with van der Waals surface area (Å²) < 4.78 is 4.74. The van der Waals surface area contributed by atoms with E-state index in [1.54, 1.807) is 23.9 Å². The smallest absolute Gasteiger partial charge is 0.339 e. The molecule has 0 aliphatic rings. The molecule has 0 aliphatic carbocycles. The molecule has 5 heteroatoms. The van der Waals surface area contributed by atoms with Gasteiger partial charge in [0.2, 0.25) is 0 Å². The van der Waals surface area contributed by atoms with E-state index in [4.69, 9.17) is 10.5 Å². The Labute approximate surface area is 106 Å². The topological polar surface area (TPSA) is 55.6 Å². The van der Waals surface area contributed by atoms with Crippen LogP contribution in [0.25, 0.3) is 0 Å².